The van der Waals surface area contributed by atoms with Crippen LogP contribution < -0.4 is 5.48 Å². The lowest BCUT2D eigenvalue weighted by molar-refractivity contribution is -0.176. The second kappa shape index (κ2) is 7.94. The van der Waals surface area contributed by atoms with Gasteiger partial charge in [-0.2, -0.15) is 0 Å². The number of benzene rings is 1. The van der Waals surface area contributed by atoms with E-state index in [0.717, 1.165) is 7.11 Å². The van der Waals surface area contributed by atoms with Crippen molar-refractivity contribution in [1.82, 2.24) is 5.48 Å². The molecule has 0 bridgehead atoms. The fourth-order valence-electron chi connectivity index (χ4n) is 1.92. The molecule has 1 unspecified atom stereocenters. The summed E-state index contributed by atoms with van der Waals surface area (Å²) in [5, 5.41) is 8.93. The molecule has 0 aliphatic carbocycles. The van der Waals surface area contributed by atoms with Gasteiger partial charge < -0.3 is 9.47 Å². The Kier molecular flexibility index (Phi) is 6.27. The summed E-state index contributed by atoms with van der Waals surface area (Å²) in [5.74, 6) is -3.48. The number of methoxy groups -OCH3 is 1. The van der Waals surface area contributed by atoms with E-state index in [4.69, 9.17) is 9.94 Å². The molecular formula is C15H17NO6. The van der Waals surface area contributed by atoms with Gasteiger partial charge in [0.25, 0.3) is 5.91 Å². The third-order valence-corrected chi connectivity index (χ3v) is 3.02. The Morgan fingerprint density at radius 1 is 1.27 bits per heavy atom. The van der Waals surface area contributed by atoms with Gasteiger partial charge in [0.15, 0.2) is 0 Å². The molecule has 1 rings (SSSR count). The van der Waals surface area contributed by atoms with Gasteiger partial charge in [0, 0.05) is 6.42 Å². The molecule has 1 amide bonds. The van der Waals surface area contributed by atoms with Gasteiger partial charge in [-0.15, -0.1) is 0 Å². The van der Waals surface area contributed by atoms with Gasteiger partial charge >= 0.3 is 11.9 Å². The van der Waals surface area contributed by atoms with E-state index in [0.29, 0.717) is 5.56 Å². The van der Waals surface area contributed by atoms with Gasteiger partial charge in [-0.05, 0) is 5.56 Å². The van der Waals surface area contributed by atoms with Crippen molar-refractivity contribution in [3.8, 4) is 0 Å². The largest absolute Gasteiger partial charge is 0.468 e. The standard InChI is InChI=1S/C15H17NO6/c1-3-9-22-14(19)15(12(17)16-20,13(18)21-2)10-11-7-5-4-6-8-11/h3-8,20H,1,9-10H2,2H3,(H,16,17). The second-order valence-corrected chi connectivity index (χ2v) is 4.39. The number of hydroxylamine groups is 1. The Morgan fingerprint density at radius 2 is 1.91 bits per heavy atom. The predicted octanol–water partition coefficient (Wildman–Crippen LogP) is 0.623. The SMILES string of the molecule is C=CCOC(=O)C(Cc1ccccc1)(C(=O)NO)C(=O)OC. The van der Waals surface area contributed by atoms with Crippen molar-refractivity contribution < 1.29 is 29.1 Å². The molecule has 0 saturated carbocycles. The molecule has 1 aromatic carbocycles. The van der Waals surface area contributed by atoms with Crippen LogP contribution in [0.5, 0.6) is 0 Å². The van der Waals surface area contributed by atoms with Crippen molar-refractivity contribution >= 4 is 17.8 Å². The zero-order chi connectivity index (χ0) is 16.6. The Hall–Kier alpha value is -2.67. The highest BCUT2D eigenvalue weighted by Crippen LogP contribution is 2.27. The minimum absolute atomic E-state index is 0.189. The lowest BCUT2D eigenvalue weighted by Gasteiger charge is -2.26. The Bertz CT molecular complexity index is 538. The summed E-state index contributed by atoms with van der Waals surface area (Å²) in [6.07, 6.45) is 0.974. The first kappa shape index (κ1) is 17.4. The quantitative estimate of drug-likeness (QED) is 0.252. The third kappa shape index (κ3) is 3.50. The molecule has 0 saturated heterocycles. The molecule has 2 N–H and O–H groups in total. The van der Waals surface area contributed by atoms with E-state index in [-0.39, 0.29) is 13.0 Å². The number of hydrogen-bond donors (Lipinski definition) is 2. The monoisotopic (exact) mass is 307 g/mol. The summed E-state index contributed by atoms with van der Waals surface area (Å²) in [4.78, 5) is 36.5. The van der Waals surface area contributed by atoms with Gasteiger partial charge in [0.2, 0.25) is 5.41 Å². The van der Waals surface area contributed by atoms with Gasteiger partial charge in [0.1, 0.15) is 6.61 Å². The fourth-order valence-corrected chi connectivity index (χ4v) is 1.92. The van der Waals surface area contributed by atoms with E-state index in [1.165, 1.54) is 11.6 Å². The van der Waals surface area contributed by atoms with Gasteiger partial charge in [-0.3, -0.25) is 19.6 Å². The maximum atomic E-state index is 12.3. The number of amides is 1. The first-order valence-corrected chi connectivity index (χ1v) is 6.38. The lowest BCUT2D eigenvalue weighted by Crippen LogP contribution is -2.54. The maximum absolute atomic E-state index is 12.3. The molecule has 0 aliphatic rings. The van der Waals surface area contributed by atoms with Crippen LogP contribution in [0.2, 0.25) is 0 Å². The summed E-state index contributed by atoms with van der Waals surface area (Å²) in [6.45, 7) is 3.20. The van der Waals surface area contributed by atoms with Crippen LogP contribution in [-0.4, -0.2) is 36.8 Å². The van der Waals surface area contributed by atoms with E-state index in [2.05, 4.69) is 11.3 Å². The number of nitrogens with one attached hydrogen (secondary N) is 1. The zero-order valence-electron chi connectivity index (χ0n) is 12.1. The number of carbonyl (C=O) groups is 3. The smallest absolute Gasteiger partial charge is 0.334 e. The zero-order valence-corrected chi connectivity index (χ0v) is 12.1. The second-order valence-electron chi connectivity index (χ2n) is 4.39. The molecule has 1 aromatic rings. The molecule has 118 valence electrons. The van der Waals surface area contributed by atoms with Crippen molar-refractivity contribution in [3.05, 3.63) is 48.6 Å². The minimum Gasteiger partial charge on any atom is -0.468 e. The van der Waals surface area contributed by atoms with E-state index < -0.39 is 23.3 Å². The number of rotatable bonds is 7. The predicted molar refractivity (Wildman–Crippen MR) is 75.7 cm³/mol. The van der Waals surface area contributed by atoms with E-state index in [1.54, 1.807) is 30.3 Å². The Morgan fingerprint density at radius 3 is 2.41 bits per heavy atom. The Labute approximate surface area is 127 Å². The molecule has 7 nitrogen and oxygen atoms in total. The van der Waals surface area contributed by atoms with Crippen molar-refractivity contribution in [2.75, 3.05) is 13.7 Å². The summed E-state index contributed by atoms with van der Waals surface area (Å²) in [5.41, 5.74) is -0.487. The van der Waals surface area contributed by atoms with Crippen LogP contribution in [0.4, 0.5) is 0 Å². The minimum atomic E-state index is -2.34. The Balaban J connectivity index is 3.31. The van der Waals surface area contributed by atoms with Crippen molar-refractivity contribution in [2.24, 2.45) is 5.41 Å². The van der Waals surface area contributed by atoms with E-state index in [1.807, 2.05) is 0 Å². The molecule has 0 radical (unpaired) electrons. The first-order valence-electron chi connectivity index (χ1n) is 6.38. The molecule has 0 spiro atoms. The van der Waals surface area contributed by atoms with Crippen LogP contribution in [0.3, 0.4) is 0 Å². The van der Waals surface area contributed by atoms with Crippen LogP contribution in [0.25, 0.3) is 0 Å². The fraction of sp³-hybridized carbons (Fsp3) is 0.267. The van der Waals surface area contributed by atoms with Crippen molar-refractivity contribution in [3.63, 3.8) is 0 Å². The van der Waals surface area contributed by atoms with Gasteiger partial charge in [-0.1, -0.05) is 43.0 Å². The molecule has 7 heteroatoms. The highest BCUT2D eigenvalue weighted by Gasteiger charge is 2.55. The summed E-state index contributed by atoms with van der Waals surface area (Å²) in [6, 6.07) is 8.37. The molecule has 0 fully saturated rings. The summed E-state index contributed by atoms with van der Waals surface area (Å²) in [7, 11) is 1.04. The van der Waals surface area contributed by atoms with E-state index in [9.17, 15) is 14.4 Å². The molecule has 1 atom stereocenters. The normalized spacial score (nSPS) is 12.6. The number of carbonyl (C=O) groups excluding carboxylic acids is 3. The summed E-state index contributed by atoms with van der Waals surface area (Å²) >= 11 is 0. The van der Waals surface area contributed by atoms with Crippen LogP contribution in [0, 0.1) is 5.41 Å². The third-order valence-electron chi connectivity index (χ3n) is 3.02. The van der Waals surface area contributed by atoms with Crippen LogP contribution >= 0.6 is 0 Å². The molecular weight excluding hydrogens is 290 g/mol. The highest BCUT2D eigenvalue weighted by molar-refractivity contribution is 6.19. The first-order chi connectivity index (χ1) is 10.5. The summed E-state index contributed by atoms with van der Waals surface area (Å²) < 4.78 is 9.42. The van der Waals surface area contributed by atoms with Crippen molar-refractivity contribution in [1.29, 1.82) is 0 Å². The van der Waals surface area contributed by atoms with Gasteiger partial charge in [-0.25, -0.2) is 5.48 Å². The molecule has 0 aromatic heterocycles. The average molecular weight is 307 g/mol. The number of esters is 2. The lowest BCUT2D eigenvalue weighted by atomic mass is 9.80. The molecule has 0 heterocycles. The average Bonchev–Trinajstić information content (AvgIpc) is 2.56. The van der Waals surface area contributed by atoms with Crippen LogP contribution in [0.15, 0.2) is 43.0 Å². The maximum Gasteiger partial charge on any atom is 0.334 e. The van der Waals surface area contributed by atoms with Crippen LogP contribution in [-0.2, 0) is 30.3 Å². The molecule has 0 aliphatic heterocycles. The van der Waals surface area contributed by atoms with Crippen LogP contribution in [0.1, 0.15) is 5.56 Å². The van der Waals surface area contributed by atoms with Gasteiger partial charge in [0.05, 0.1) is 7.11 Å². The van der Waals surface area contributed by atoms with E-state index >= 15 is 0 Å². The topological polar surface area (TPSA) is 102 Å². The number of hydrogen-bond acceptors (Lipinski definition) is 6. The van der Waals surface area contributed by atoms with Crippen molar-refractivity contribution in [2.45, 2.75) is 6.42 Å². The number of ether oxygens (including phenoxy) is 2. The highest BCUT2D eigenvalue weighted by atomic mass is 16.6. The molecule has 22 heavy (non-hydrogen) atoms.